The molecule has 0 aliphatic rings. The number of hydrogen-bond acceptors (Lipinski definition) is 3. The average molecular weight is 280 g/mol. The van der Waals surface area contributed by atoms with Gasteiger partial charge in [0.2, 0.25) is 5.91 Å². The van der Waals surface area contributed by atoms with Crippen LogP contribution < -0.4 is 10.1 Å². The molecule has 0 bridgehead atoms. The Morgan fingerprint density at radius 3 is 2.43 bits per heavy atom. The molecule has 0 saturated carbocycles. The molecular weight excluding hydrogens is 264 g/mol. The van der Waals surface area contributed by atoms with Crippen LogP contribution in [0.15, 0.2) is 48.5 Å². The summed E-state index contributed by atoms with van der Waals surface area (Å²) in [6.07, 6.45) is 0.272. The minimum absolute atomic E-state index is 0.119. The number of hydrogen-bond donors (Lipinski definition) is 1. The lowest BCUT2D eigenvalue weighted by molar-refractivity contribution is -0.116. The summed E-state index contributed by atoms with van der Waals surface area (Å²) in [7, 11) is 0. The standard InChI is InChI=1S/C17H16N2O2/c1-13-2-8-16(9-3-13)21-11-10-17(20)19-15-6-4-14(12-18)5-7-15/h2-9H,10-11H2,1H3,(H,19,20). The van der Waals surface area contributed by atoms with Crippen LogP contribution in [0.3, 0.4) is 0 Å². The molecule has 0 saturated heterocycles. The number of nitrogens with one attached hydrogen (secondary N) is 1. The van der Waals surface area contributed by atoms with E-state index in [1.54, 1.807) is 24.3 Å². The molecule has 2 rings (SSSR count). The number of nitriles is 1. The van der Waals surface area contributed by atoms with Gasteiger partial charge in [-0.3, -0.25) is 4.79 Å². The van der Waals surface area contributed by atoms with Crippen molar-refractivity contribution < 1.29 is 9.53 Å². The van der Waals surface area contributed by atoms with Crippen LogP contribution in [0.5, 0.6) is 5.75 Å². The molecule has 0 radical (unpaired) electrons. The molecule has 21 heavy (non-hydrogen) atoms. The SMILES string of the molecule is Cc1ccc(OCCC(=O)Nc2ccc(C#N)cc2)cc1. The normalized spacial score (nSPS) is 9.71. The highest BCUT2D eigenvalue weighted by Crippen LogP contribution is 2.12. The van der Waals surface area contributed by atoms with E-state index in [0.29, 0.717) is 17.9 Å². The van der Waals surface area contributed by atoms with Gasteiger partial charge in [-0.1, -0.05) is 17.7 Å². The predicted molar refractivity (Wildman–Crippen MR) is 81.1 cm³/mol. The highest BCUT2D eigenvalue weighted by atomic mass is 16.5. The van der Waals surface area contributed by atoms with Gasteiger partial charge in [0.25, 0.3) is 0 Å². The second-order valence-corrected chi connectivity index (χ2v) is 4.65. The van der Waals surface area contributed by atoms with Gasteiger partial charge < -0.3 is 10.1 Å². The second-order valence-electron chi connectivity index (χ2n) is 4.65. The number of benzene rings is 2. The highest BCUT2D eigenvalue weighted by molar-refractivity contribution is 5.90. The van der Waals surface area contributed by atoms with E-state index in [2.05, 4.69) is 5.32 Å². The second kappa shape index (κ2) is 7.11. The first kappa shape index (κ1) is 14.6. The molecule has 0 spiro atoms. The zero-order chi connectivity index (χ0) is 15.1. The van der Waals surface area contributed by atoms with Crippen molar-refractivity contribution in [3.8, 4) is 11.8 Å². The number of amides is 1. The maximum atomic E-state index is 11.8. The van der Waals surface area contributed by atoms with Crippen molar-refractivity contribution in [1.82, 2.24) is 0 Å². The fraction of sp³-hybridized carbons (Fsp3) is 0.176. The van der Waals surface area contributed by atoms with Gasteiger partial charge in [-0.2, -0.15) is 5.26 Å². The summed E-state index contributed by atoms with van der Waals surface area (Å²) in [6.45, 7) is 2.33. The first-order valence-corrected chi connectivity index (χ1v) is 6.67. The summed E-state index contributed by atoms with van der Waals surface area (Å²) in [6, 6.07) is 16.5. The molecule has 106 valence electrons. The molecule has 4 nitrogen and oxygen atoms in total. The van der Waals surface area contributed by atoms with Crippen molar-refractivity contribution in [3.63, 3.8) is 0 Å². The smallest absolute Gasteiger partial charge is 0.227 e. The van der Waals surface area contributed by atoms with Gasteiger partial charge in [0.15, 0.2) is 0 Å². The van der Waals surface area contributed by atoms with Crippen LogP contribution in [0.2, 0.25) is 0 Å². The number of rotatable bonds is 5. The molecule has 0 fully saturated rings. The molecule has 0 atom stereocenters. The minimum atomic E-state index is -0.119. The first-order valence-electron chi connectivity index (χ1n) is 6.67. The number of carbonyl (C=O) groups excluding carboxylic acids is 1. The van der Waals surface area contributed by atoms with E-state index in [1.807, 2.05) is 37.3 Å². The van der Waals surface area contributed by atoms with Gasteiger partial charge in [0.1, 0.15) is 5.75 Å². The Labute approximate surface area is 124 Å². The zero-order valence-electron chi connectivity index (χ0n) is 11.8. The van der Waals surface area contributed by atoms with Crippen molar-refractivity contribution in [1.29, 1.82) is 5.26 Å². The third kappa shape index (κ3) is 4.66. The lowest BCUT2D eigenvalue weighted by atomic mass is 10.2. The lowest BCUT2D eigenvalue weighted by Gasteiger charge is -2.07. The molecule has 2 aromatic carbocycles. The van der Waals surface area contributed by atoms with E-state index in [4.69, 9.17) is 10.00 Å². The van der Waals surface area contributed by atoms with Gasteiger partial charge in [-0.15, -0.1) is 0 Å². The summed E-state index contributed by atoms with van der Waals surface area (Å²) in [5, 5.41) is 11.5. The molecule has 0 unspecified atom stereocenters. The van der Waals surface area contributed by atoms with Crippen molar-refractivity contribution in [2.75, 3.05) is 11.9 Å². The van der Waals surface area contributed by atoms with Crippen molar-refractivity contribution in [2.45, 2.75) is 13.3 Å². The van der Waals surface area contributed by atoms with Crippen molar-refractivity contribution in [2.24, 2.45) is 0 Å². The maximum Gasteiger partial charge on any atom is 0.227 e. The molecule has 1 amide bonds. The summed E-state index contributed by atoms with van der Waals surface area (Å²) in [5.41, 5.74) is 2.41. The quantitative estimate of drug-likeness (QED) is 0.914. The Hall–Kier alpha value is -2.80. The summed E-state index contributed by atoms with van der Waals surface area (Å²) in [5.74, 6) is 0.638. The Balaban J connectivity index is 1.76. The number of aryl methyl sites for hydroxylation is 1. The fourth-order valence-electron chi connectivity index (χ4n) is 1.75. The Bertz CT molecular complexity index is 640. The number of carbonyl (C=O) groups is 1. The minimum Gasteiger partial charge on any atom is -0.493 e. The summed E-state index contributed by atoms with van der Waals surface area (Å²) >= 11 is 0. The van der Waals surface area contributed by atoms with Gasteiger partial charge in [-0.25, -0.2) is 0 Å². The topological polar surface area (TPSA) is 62.1 Å². The first-order chi connectivity index (χ1) is 10.2. The maximum absolute atomic E-state index is 11.8. The van der Waals surface area contributed by atoms with Crippen LogP contribution in [0.25, 0.3) is 0 Å². The van der Waals surface area contributed by atoms with Crippen LogP contribution in [-0.2, 0) is 4.79 Å². The summed E-state index contributed by atoms with van der Waals surface area (Å²) in [4.78, 5) is 11.8. The van der Waals surface area contributed by atoms with Gasteiger partial charge in [0, 0.05) is 5.69 Å². The van der Waals surface area contributed by atoms with E-state index in [9.17, 15) is 4.79 Å². The Morgan fingerprint density at radius 2 is 1.81 bits per heavy atom. The molecule has 2 aromatic rings. The van der Waals surface area contributed by atoms with Gasteiger partial charge >= 0.3 is 0 Å². The number of anilines is 1. The van der Waals surface area contributed by atoms with Crippen LogP contribution >= 0.6 is 0 Å². The van der Waals surface area contributed by atoms with Gasteiger partial charge in [-0.05, 0) is 43.3 Å². The molecule has 4 heteroatoms. The monoisotopic (exact) mass is 280 g/mol. The molecular formula is C17H16N2O2. The van der Waals surface area contributed by atoms with Crippen LogP contribution in [0, 0.1) is 18.3 Å². The van der Waals surface area contributed by atoms with Crippen molar-refractivity contribution in [3.05, 3.63) is 59.7 Å². The van der Waals surface area contributed by atoms with Crippen LogP contribution in [0.4, 0.5) is 5.69 Å². The van der Waals surface area contributed by atoms with Gasteiger partial charge in [0.05, 0.1) is 24.7 Å². The predicted octanol–water partition coefficient (Wildman–Crippen LogP) is 3.27. The van der Waals surface area contributed by atoms with Crippen molar-refractivity contribution >= 4 is 11.6 Å². The number of ether oxygens (including phenoxy) is 1. The van der Waals surface area contributed by atoms with E-state index >= 15 is 0 Å². The molecule has 0 aromatic heterocycles. The average Bonchev–Trinajstić information content (AvgIpc) is 2.50. The highest BCUT2D eigenvalue weighted by Gasteiger charge is 2.03. The summed E-state index contributed by atoms with van der Waals surface area (Å²) < 4.78 is 5.50. The molecule has 1 N–H and O–H groups in total. The number of nitrogens with zero attached hydrogens (tertiary/aromatic N) is 1. The zero-order valence-corrected chi connectivity index (χ0v) is 11.8. The fourth-order valence-corrected chi connectivity index (χ4v) is 1.75. The molecule has 0 aliphatic heterocycles. The molecule has 0 aliphatic carbocycles. The van der Waals surface area contributed by atoms with Crippen LogP contribution in [0.1, 0.15) is 17.5 Å². The molecule has 0 heterocycles. The van der Waals surface area contributed by atoms with Crippen LogP contribution in [-0.4, -0.2) is 12.5 Å². The lowest BCUT2D eigenvalue weighted by Crippen LogP contribution is -2.15. The third-order valence-electron chi connectivity index (χ3n) is 2.92. The largest absolute Gasteiger partial charge is 0.493 e. The third-order valence-corrected chi connectivity index (χ3v) is 2.92. The Kier molecular flexibility index (Phi) is 4.94. The van der Waals surface area contributed by atoms with E-state index in [0.717, 1.165) is 5.75 Å². The van der Waals surface area contributed by atoms with E-state index < -0.39 is 0 Å². The van der Waals surface area contributed by atoms with E-state index in [-0.39, 0.29) is 12.3 Å². The Morgan fingerprint density at radius 1 is 1.14 bits per heavy atom. The van der Waals surface area contributed by atoms with E-state index in [1.165, 1.54) is 5.56 Å².